The fraction of sp³-hybridized carbons (Fsp3) is 0.429. The molecule has 1 aromatic carbocycles. The molecular weight excluding hydrogens is 228 g/mol. The van der Waals surface area contributed by atoms with Gasteiger partial charge >= 0.3 is 0 Å². The first-order valence-corrected chi connectivity index (χ1v) is 6.41. The zero-order chi connectivity index (χ0) is 12.5. The first kappa shape index (κ1) is 11.3. The van der Waals surface area contributed by atoms with Crippen LogP contribution in [0.25, 0.3) is 0 Å². The van der Waals surface area contributed by atoms with Gasteiger partial charge in [-0.1, -0.05) is 30.3 Å². The van der Waals surface area contributed by atoms with Gasteiger partial charge in [0.25, 0.3) is 0 Å². The van der Waals surface area contributed by atoms with Crippen LogP contribution in [0.1, 0.15) is 30.9 Å². The highest BCUT2D eigenvalue weighted by molar-refractivity contribution is 5.95. The van der Waals surface area contributed by atoms with Gasteiger partial charge in [-0.25, -0.2) is 0 Å². The largest absolute Gasteiger partial charge is 0.345 e. The predicted molar refractivity (Wildman–Crippen MR) is 66.7 cm³/mol. The van der Waals surface area contributed by atoms with Gasteiger partial charge in [-0.05, 0) is 24.8 Å². The highest BCUT2D eigenvalue weighted by atomic mass is 16.2. The van der Waals surface area contributed by atoms with E-state index in [2.05, 4.69) is 5.32 Å². The van der Waals surface area contributed by atoms with Crippen LogP contribution in [0, 0.1) is 0 Å². The average Bonchev–Trinajstić information content (AvgIpc) is 2.33. The van der Waals surface area contributed by atoms with Gasteiger partial charge in [-0.3, -0.25) is 9.59 Å². The molecule has 2 aliphatic rings. The lowest BCUT2D eigenvalue weighted by Gasteiger charge is -2.44. The molecule has 4 heteroatoms. The van der Waals surface area contributed by atoms with Crippen molar-refractivity contribution in [2.75, 3.05) is 6.54 Å². The molecule has 1 aromatic rings. The molecule has 1 heterocycles. The Bertz CT molecular complexity index is 468. The highest BCUT2D eigenvalue weighted by Gasteiger charge is 2.41. The number of carbonyl (C=O) groups excluding carboxylic acids is 2. The Balaban J connectivity index is 1.95. The summed E-state index contributed by atoms with van der Waals surface area (Å²) in [4.78, 5) is 25.9. The van der Waals surface area contributed by atoms with E-state index in [1.165, 1.54) is 0 Å². The molecule has 0 bridgehead atoms. The van der Waals surface area contributed by atoms with E-state index in [9.17, 15) is 9.59 Å². The molecule has 94 valence electrons. The number of carbonyl (C=O) groups is 2. The van der Waals surface area contributed by atoms with Crippen LogP contribution in [-0.2, 0) is 9.59 Å². The van der Waals surface area contributed by atoms with Crippen LogP contribution in [-0.4, -0.2) is 29.3 Å². The zero-order valence-electron chi connectivity index (χ0n) is 10.1. The zero-order valence-corrected chi connectivity index (χ0v) is 10.1. The molecule has 0 aromatic heterocycles. The van der Waals surface area contributed by atoms with Crippen LogP contribution >= 0.6 is 0 Å². The summed E-state index contributed by atoms with van der Waals surface area (Å²) in [6.45, 7) is 0.138. The second kappa shape index (κ2) is 4.44. The standard InChI is InChI=1S/C14H16N2O2/c17-12-9-15-14(18)13(10-5-2-1-3-6-10)16(12)11-7-4-8-11/h1-3,5-6,11,13H,4,7-9H2,(H,15,18). The SMILES string of the molecule is O=C1NCC(=O)N(C2CCC2)C1c1ccccc1. The number of rotatable bonds is 2. The van der Waals surface area contributed by atoms with Gasteiger partial charge in [0.15, 0.2) is 0 Å². The maximum Gasteiger partial charge on any atom is 0.247 e. The number of piperazine rings is 1. The summed E-state index contributed by atoms with van der Waals surface area (Å²) >= 11 is 0. The lowest BCUT2D eigenvalue weighted by atomic mass is 9.88. The van der Waals surface area contributed by atoms with Crippen molar-refractivity contribution in [3.8, 4) is 0 Å². The van der Waals surface area contributed by atoms with Gasteiger partial charge < -0.3 is 10.2 Å². The van der Waals surface area contributed by atoms with Crippen LogP contribution in [0.4, 0.5) is 0 Å². The summed E-state index contributed by atoms with van der Waals surface area (Å²) < 4.78 is 0. The van der Waals surface area contributed by atoms with Crippen LogP contribution < -0.4 is 5.32 Å². The topological polar surface area (TPSA) is 49.4 Å². The predicted octanol–water partition coefficient (Wildman–Crippen LogP) is 1.24. The van der Waals surface area contributed by atoms with E-state index in [1.54, 1.807) is 4.90 Å². The van der Waals surface area contributed by atoms with Gasteiger partial charge in [0.05, 0.1) is 6.54 Å². The minimum Gasteiger partial charge on any atom is -0.345 e. The summed E-state index contributed by atoms with van der Waals surface area (Å²) in [5, 5.41) is 2.68. The molecule has 3 rings (SSSR count). The van der Waals surface area contributed by atoms with Crippen molar-refractivity contribution < 1.29 is 9.59 Å². The Morgan fingerprint density at radius 3 is 2.44 bits per heavy atom. The molecule has 0 spiro atoms. The quantitative estimate of drug-likeness (QED) is 0.851. The Labute approximate surface area is 106 Å². The maximum absolute atomic E-state index is 12.1. The van der Waals surface area contributed by atoms with E-state index in [-0.39, 0.29) is 24.4 Å². The molecule has 18 heavy (non-hydrogen) atoms. The van der Waals surface area contributed by atoms with Crippen LogP contribution in [0.2, 0.25) is 0 Å². The van der Waals surface area contributed by atoms with E-state index in [0.717, 1.165) is 24.8 Å². The number of hydrogen-bond acceptors (Lipinski definition) is 2. The van der Waals surface area contributed by atoms with E-state index in [0.29, 0.717) is 0 Å². The third-order valence-electron chi connectivity index (χ3n) is 3.81. The molecule has 1 aliphatic carbocycles. The maximum atomic E-state index is 12.1. The van der Waals surface area contributed by atoms with Crippen molar-refractivity contribution in [3.63, 3.8) is 0 Å². The van der Waals surface area contributed by atoms with Crippen molar-refractivity contribution in [1.82, 2.24) is 10.2 Å². The summed E-state index contributed by atoms with van der Waals surface area (Å²) in [6.07, 6.45) is 3.18. The van der Waals surface area contributed by atoms with E-state index < -0.39 is 6.04 Å². The van der Waals surface area contributed by atoms with Crippen molar-refractivity contribution in [2.24, 2.45) is 0 Å². The Hall–Kier alpha value is -1.84. The minimum atomic E-state index is -0.447. The fourth-order valence-electron chi connectivity index (χ4n) is 2.65. The Kier molecular flexibility index (Phi) is 2.78. The molecule has 1 unspecified atom stereocenters. The molecule has 2 fully saturated rings. The third-order valence-corrected chi connectivity index (χ3v) is 3.81. The second-order valence-electron chi connectivity index (χ2n) is 4.92. The number of nitrogens with one attached hydrogen (secondary N) is 1. The van der Waals surface area contributed by atoms with Gasteiger partial charge in [-0.15, -0.1) is 0 Å². The molecule has 1 aliphatic heterocycles. The van der Waals surface area contributed by atoms with Gasteiger partial charge in [-0.2, -0.15) is 0 Å². The lowest BCUT2D eigenvalue weighted by Crippen LogP contribution is -2.58. The molecule has 1 N–H and O–H groups in total. The average molecular weight is 244 g/mol. The highest BCUT2D eigenvalue weighted by Crippen LogP contribution is 2.33. The van der Waals surface area contributed by atoms with E-state index in [1.807, 2.05) is 30.3 Å². The molecular formula is C14H16N2O2. The molecule has 1 atom stereocenters. The van der Waals surface area contributed by atoms with Crippen LogP contribution in [0.5, 0.6) is 0 Å². The minimum absolute atomic E-state index is 0.0353. The number of amides is 2. The monoisotopic (exact) mass is 244 g/mol. The number of hydrogen-bond donors (Lipinski definition) is 1. The smallest absolute Gasteiger partial charge is 0.247 e. The van der Waals surface area contributed by atoms with Gasteiger partial charge in [0.2, 0.25) is 11.8 Å². The summed E-state index contributed by atoms with van der Waals surface area (Å²) in [5.41, 5.74) is 0.898. The van der Waals surface area contributed by atoms with Gasteiger partial charge in [0.1, 0.15) is 6.04 Å². The molecule has 4 nitrogen and oxygen atoms in total. The summed E-state index contributed by atoms with van der Waals surface area (Å²) in [5.74, 6) is -0.0270. The van der Waals surface area contributed by atoms with Crippen molar-refractivity contribution in [2.45, 2.75) is 31.3 Å². The Morgan fingerprint density at radius 2 is 1.83 bits per heavy atom. The molecule has 1 saturated heterocycles. The van der Waals surface area contributed by atoms with Crippen molar-refractivity contribution in [3.05, 3.63) is 35.9 Å². The third kappa shape index (κ3) is 1.78. The normalized spacial score (nSPS) is 24.7. The first-order valence-electron chi connectivity index (χ1n) is 6.41. The molecule has 2 amide bonds. The van der Waals surface area contributed by atoms with Crippen LogP contribution in [0.15, 0.2) is 30.3 Å². The van der Waals surface area contributed by atoms with E-state index >= 15 is 0 Å². The van der Waals surface area contributed by atoms with Crippen molar-refractivity contribution in [1.29, 1.82) is 0 Å². The van der Waals surface area contributed by atoms with Crippen LogP contribution in [0.3, 0.4) is 0 Å². The molecule has 0 radical (unpaired) electrons. The number of nitrogens with zero attached hydrogens (tertiary/aromatic N) is 1. The Morgan fingerprint density at radius 1 is 1.11 bits per heavy atom. The second-order valence-corrected chi connectivity index (χ2v) is 4.92. The van der Waals surface area contributed by atoms with Crippen molar-refractivity contribution >= 4 is 11.8 Å². The number of benzene rings is 1. The molecule has 1 saturated carbocycles. The summed E-state index contributed by atoms with van der Waals surface area (Å²) in [6, 6.07) is 9.34. The van der Waals surface area contributed by atoms with Gasteiger partial charge in [0, 0.05) is 6.04 Å². The lowest BCUT2D eigenvalue weighted by molar-refractivity contribution is -0.150. The summed E-state index contributed by atoms with van der Waals surface area (Å²) in [7, 11) is 0. The fourth-order valence-corrected chi connectivity index (χ4v) is 2.65. The first-order chi connectivity index (χ1) is 8.77. The van der Waals surface area contributed by atoms with E-state index in [4.69, 9.17) is 0 Å².